The summed E-state index contributed by atoms with van der Waals surface area (Å²) in [5.74, 6) is 0.151. The van der Waals surface area contributed by atoms with Gasteiger partial charge in [0.05, 0.1) is 0 Å². The molecule has 1 aliphatic rings. The maximum absolute atomic E-state index is 12.9. The van der Waals surface area contributed by atoms with Crippen molar-refractivity contribution in [3.8, 4) is 0 Å². The molecule has 1 fully saturated rings. The summed E-state index contributed by atoms with van der Waals surface area (Å²) in [7, 11) is 0. The number of benzene rings is 1. The Hall–Kier alpha value is -2.76. The monoisotopic (exact) mass is 338 g/mol. The number of amides is 2. The lowest BCUT2D eigenvalue weighted by atomic mass is 10.0. The van der Waals surface area contributed by atoms with E-state index < -0.39 is 6.04 Å². The number of nitrogens with zero attached hydrogens (tertiary/aromatic N) is 3. The van der Waals surface area contributed by atoms with E-state index in [4.69, 9.17) is 0 Å². The fourth-order valence-corrected chi connectivity index (χ4v) is 3.02. The minimum absolute atomic E-state index is 0.0273. The molecule has 0 radical (unpaired) electrons. The van der Waals surface area contributed by atoms with E-state index in [9.17, 15) is 9.59 Å². The lowest BCUT2D eigenvalue weighted by Crippen LogP contribution is -2.49. The molecule has 0 spiro atoms. The Morgan fingerprint density at radius 1 is 1.16 bits per heavy atom. The lowest BCUT2D eigenvalue weighted by Gasteiger charge is -2.24. The molecule has 2 heterocycles. The van der Waals surface area contributed by atoms with Gasteiger partial charge in [0.25, 0.3) is 5.91 Å². The average molecular weight is 338 g/mol. The molecule has 0 aliphatic carbocycles. The van der Waals surface area contributed by atoms with E-state index in [2.05, 4.69) is 15.3 Å². The van der Waals surface area contributed by atoms with Gasteiger partial charge in [-0.3, -0.25) is 9.59 Å². The van der Waals surface area contributed by atoms with E-state index in [-0.39, 0.29) is 17.5 Å². The zero-order valence-corrected chi connectivity index (χ0v) is 14.3. The molecule has 6 heteroatoms. The van der Waals surface area contributed by atoms with Crippen LogP contribution in [0.2, 0.25) is 0 Å². The van der Waals surface area contributed by atoms with Crippen molar-refractivity contribution in [1.29, 1.82) is 0 Å². The predicted molar refractivity (Wildman–Crippen MR) is 94.0 cm³/mol. The summed E-state index contributed by atoms with van der Waals surface area (Å²) in [5.41, 5.74) is 1.29. The van der Waals surface area contributed by atoms with Gasteiger partial charge < -0.3 is 10.2 Å². The zero-order valence-electron chi connectivity index (χ0n) is 14.3. The number of carbonyl (C=O) groups is 2. The SMILES string of the molecule is Cc1nccc(C(=O)N[C@@H](Cc2ccccc2)C(=O)N2CCCC2)n1. The quantitative estimate of drug-likeness (QED) is 0.901. The van der Waals surface area contributed by atoms with E-state index >= 15 is 0 Å². The molecule has 2 amide bonds. The third kappa shape index (κ3) is 4.41. The molecule has 0 unspecified atom stereocenters. The van der Waals surface area contributed by atoms with Crippen molar-refractivity contribution in [1.82, 2.24) is 20.2 Å². The Bertz CT molecular complexity index is 742. The third-order valence-corrected chi connectivity index (χ3v) is 4.31. The molecule has 130 valence electrons. The van der Waals surface area contributed by atoms with E-state index in [0.717, 1.165) is 31.5 Å². The summed E-state index contributed by atoms with van der Waals surface area (Å²) in [5, 5.41) is 2.87. The molecule has 25 heavy (non-hydrogen) atoms. The van der Waals surface area contributed by atoms with Crippen LogP contribution in [0.4, 0.5) is 0 Å². The standard InChI is InChI=1S/C19H22N4O2/c1-14-20-10-9-16(21-14)18(24)22-17(13-15-7-3-2-4-8-15)19(25)23-11-5-6-12-23/h2-4,7-10,17H,5-6,11-13H2,1H3,(H,22,24)/t17-/m0/s1. The minimum atomic E-state index is -0.594. The lowest BCUT2D eigenvalue weighted by molar-refractivity contribution is -0.132. The number of rotatable bonds is 5. The van der Waals surface area contributed by atoms with Crippen LogP contribution in [-0.4, -0.2) is 45.8 Å². The summed E-state index contributed by atoms with van der Waals surface area (Å²) in [4.78, 5) is 35.4. The second-order valence-corrected chi connectivity index (χ2v) is 6.24. The Kier molecular flexibility index (Phi) is 5.38. The van der Waals surface area contributed by atoms with Gasteiger partial charge in [-0.05, 0) is 31.4 Å². The van der Waals surface area contributed by atoms with E-state index in [1.54, 1.807) is 19.2 Å². The topological polar surface area (TPSA) is 75.2 Å². The number of hydrogen-bond donors (Lipinski definition) is 1. The number of nitrogens with one attached hydrogen (secondary N) is 1. The number of likely N-dealkylation sites (tertiary alicyclic amines) is 1. The Balaban J connectivity index is 1.77. The highest BCUT2D eigenvalue weighted by molar-refractivity contribution is 5.96. The Morgan fingerprint density at radius 2 is 1.88 bits per heavy atom. The highest BCUT2D eigenvalue weighted by atomic mass is 16.2. The van der Waals surface area contributed by atoms with Crippen molar-refractivity contribution in [2.24, 2.45) is 0 Å². The average Bonchev–Trinajstić information content (AvgIpc) is 3.16. The predicted octanol–water partition coefficient (Wildman–Crippen LogP) is 1.75. The normalized spacial score (nSPS) is 15.0. The van der Waals surface area contributed by atoms with Crippen LogP contribution in [0.15, 0.2) is 42.6 Å². The van der Waals surface area contributed by atoms with E-state index in [0.29, 0.717) is 12.2 Å². The first kappa shape index (κ1) is 17.1. The second kappa shape index (κ2) is 7.88. The first-order valence-electron chi connectivity index (χ1n) is 8.57. The van der Waals surface area contributed by atoms with Crippen LogP contribution in [0.5, 0.6) is 0 Å². The van der Waals surface area contributed by atoms with Crippen molar-refractivity contribution >= 4 is 11.8 Å². The van der Waals surface area contributed by atoms with Crippen molar-refractivity contribution in [3.05, 3.63) is 59.7 Å². The van der Waals surface area contributed by atoms with Crippen LogP contribution in [0.1, 0.15) is 34.7 Å². The van der Waals surface area contributed by atoms with E-state index in [1.807, 2.05) is 35.2 Å². The summed E-state index contributed by atoms with van der Waals surface area (Å²) in [6, 6.07) is 10.7. The molecule has 6 nitrogen and oxygen atoms in total. The van der Waals surface area contributed by atoms with Crippen LogP contribution >= 0.6 is 0 Å². The highest BCUT2D eigenvalue weighted by Crippen LogP contribution is 2.12. The van der Waals surface area contributed by atoms with Gasteiger partial charge in [-0.2, -0.15) is 0 Å². The van der Waals surface area contributed by atoms with Gasteiger partial charge in [0.1, 0.15) is 17.6 Å². The van der Waals surface area contributed by atoms with Gasteiger partial charge in [0.15, 0.2) is 0 Å². The van der Waals surface area contributed by atoms with Crippen LogP contribution < -0.4 is 5.32 Å². The molecule has 3 rings (SSSR count). The second-order valence-electron chi connectivity index (χ2n) is 6.24. The van der Waals surface area contributed by atoms with Crippen LogP contribution in [0.25, 0.3) is 0 Å². The summed E-state index contributed by atoms with van der Waals surface area (Å²) in [6.07, 6.45) is 4.05. The van der Waals surface area contributed by atoms with Crippen molar-refractivity contribution < 1.29 is 9.59 Å². The number of carbonyl (C=O) groups excluding carboxylic acids is 2. The maximum atomic E-state index is 12.9. The van der Waals surface area contributed by atoms with Crippen LogP contribution in [0.3, 0.4) is 0 Å². The minimum Gasteiger partial charge on any atom is -0.341 e. The highest BCUT2D eigenvalue weighted by Gasteiger charge is 2.28. The Morgan fingerprint density at radius 3 is 2.56 bits per heavy atom. The maximum Gasteiger partial charge on any atom is 0.270 e. The Labute approximate surface area is 147 Å². The van der Waals surface area contributed by atoms with Crippen LogP contribution in [-0.2, 0) is 11.2 Å². The molecular formula is C19H22N4O2. The molecule has 0 saturated carbocycles. The van der Waals surface area contributed by atoms with Gasteiger partial charge >= 0.3 is 0 Å². The summed E-state index contributed by atoms with van der Waals surface area (Å²) in [6.45, 7) is 3.24. The summed E-state index contributed by atoms with van der Waals surface area (Å²) < 4.78 is 0. The molecule has 1 aliphatic heterocycles. The first-order chi connectivity index (χ1) is 12.1. The largest absolute Gasteiger partial charge is 0.341 e. The third-order valence-electron chi connectivity index (χ3n) is 4.31. The fourth-order valence-electron chi connectivity index (χ4n) is 3.02. The van der Waals surface area contributed by atoms with Gasteiger partial charge in [0, 0.05) is 25.7 Å². The van der Waals surface area contributed by atoms with Gasteiger partial charge in [-0.15, -0.1) is 0 Å². The number of aromatic nitrogens is 2. The van der Waals surface area contributed by atoms with Crippen LogP contribution in [0, 0.1) is 6.92 Å². The molecule has 0 bridgehead atoms. The molecular weight excluding hydrogens is 316 g/mol. The molecule has 1 aromatic heterocycles. The van der Waals surface area contributed by atoms with Crippen molar-refractivity contribution in [2.75, 3.05) is 13.1 Å². The molecule has 1 saturated heterocycles. The molecule has 2 aromatic rings. The molecule has 1 N–H and O–H groups in total. The number of hydrogen-bond acceptors (Lipinski definition) is 4. The van der Waals surface area contributed by atoms with Gasteiger partial charge in [-0.1, -0.05) is 30.3 Å². The van der Waals surface area contributed by atoms with E-state index in [1.165, 1.54) is 0 Å². The van der Waals surface area contributed by atoms with Crippen molar-refractivity contribution in [2.45, 2.75) is 32.2 Å². The zero-order chi connectivity index (χ0) is 17.6. The molecule has 1 aromatic carbocycles. The molecule has 1 atom stereocenters. The van der Waals surface area contributed by atoms with Gasteiger partial charge in [0.2, 0.25) is 5.91 Å². The van der Waals surface area contributed by atoms with Crippen molar-refractivity contribution in [3.63, 3.8) is 0 Å². The van der Waals surface area contributed by atoms with Gasteiger partial charge in [-0.25, -0.2) is 9.97 Å². The number of aryl methyl sites for hydroxylation is 1. The first-order valence-corrected chi connectivity index (χ1v) is 8.57. The fraction of sp³-hybridized carbons (Fsp3) is 0.368. The smallest absolute Gasteiger partial charge is 0.270 e. The summed E-state index contributed by atoms with van der Waals surface area (Å²) >= 11 is 0.